The molecule has 24 heavy (non-hydrogen) atoms. The van der Waals surface area contributed by atoms with E-state index >= 15 is 0 Å². The van der Waals surface area contributed by atoms with Crippen molar-refractivity contribution in [2.24, 2.45) is 0 Å². The lowest BCUT2D eigenvalue weighted by molar-refractivity contribution is 0.0358. The van der Waals surface area contributed by atoms with Crippen LogP contribution in [0.2, 0.25) is 0 Å². The molecule has 0 aliphatic heterocycles. The third-order valence-corrected chi connectivity index (χ3v) is 3.42. The first kappa shape index (κ1) is 17.4. The van der Waals surface area contributed by atoms with Crippen LogP contribution in [0.4, 0.5) is 0 Å². The van der Waals surface area contributed by atoms with Crippen molar-refractivity contribution in [3.05, 3.63) is 71.3 Å². The van der Waals surface area contributed by atoms with E-state index in [1.807, 2.05) is 26.8 Å². The van der Waals surface area contributed by atoms with Crippen molar-refractivity contribution in [1.82, 2.24) is 10.4 Å². The molecule has 1 N–H and O–H groups in total. The topological polar surface area (TPSA) is 66.5 Å². The summed E-state index contributed by atoms with van der Waals surface area (Å²) < 4.78 is 0. The third kappa shape index (κ3) is 4.07. The Bertz CT molecular complexity index is 731. The van der Waals surface area contributed by atoms with Gasteiger partial charge in [-0.25, -0.2) is 5.01 Å². The summed E-state index contributed by atoms with van der Waals surface area (Å²) in [6.45, 7) is 5.49. The monoisotopic (exact) mass is 324 g/mol. The minimum Gasteiger partial charge on any atom is -0.298 e. The normalized spacial score (nSPS) is 10.8. The lowest BCUT2D eigenvalue weighted by Crippen LogP contribution is -2.55. The van der Waals surface area contributed by atoms with Gasteiger partial charge in [0, 0.05) is 16.7 Å². The zero-order valence-corrected chi connectivity index (χ0v) is 13.9. The molecule has 5 heteroatoms. The van der Waals surface area contributed by atoms with Crippen LogP contribution in [0.5, 0.6) is 0 Å². The molecule has 0 radical (unpaired) electrons. The van der Waals surface area contributed by atoms with Crippen LogP contribution in [0.1, 0.15) is 51.8 Å². The van der Waals surface area contributed by atoms with E-state index in [-0.39, 0.29) is 11.8 Å². The van der Waals surface area contributed by atoms with Gasteiger partial charge in [-0.1, -0.05) is 30.3 Å². The van der Waals surface area contributed by atoms with Gasteiger partial charge in [0.2, 0.25) is 0 Å². The second kappa shape index (κ2) is 7.08. The van der Waals surface area contributed by atoms with Crippen LogP contribution in [0.15, 0.2) is 54.6 Å². The largest absolute Gasteiger partial charge is 0.298 e. The Morgan fingerprint density at radius 3 is 2.00 bits per heavy atom. The number of rotatable bonds is 3. The molecule has 0 saturated carbocycles. The van der Waals surface area contributed by atoms with Crippen LogP contribution in [-0.2, 0) is 0 Å². The molecular weight excluding hydrogens is 304 g/mol. The van der Waals surface area contributed by atoms with E-state index in [1.54, 1.807) is 48.5 Å². The number of amides is 2. The number of aldehydes is 1. The Labute approximate surface area is 141 Å². The second-order valence-corrected chi connectivity index (χ2v) is 6.36. The lowest BCUT2D eigenvalue weighted by Gasteiger charge is -2.35. The van der Waals surface area contributed by atoms with Crippen molar-refractivity contribution in [3.8, 4) is 0 Å². The highest BCUT2D eigenvalue weighted by molar-refractivity contribution is 5.99. The van der Waals surface area contributed by atoms with Crippen molar-refractivity contribution >= 4 is 18.1 Å². The number of hydrogen-bond donors (Lipinski definition) is 1. The molecule has 0 saturated heterocycles. The van der Waals surface area contributed by atoms with E-state index in [9.17, 15) is 14.4 Å². The number of benzene rings is 2. The summed E-state index contributed by atoms with van der Waals surface area (Å²) in [7, 11) is 0. The molecule has 0 aromatic heterocycles. The predicted molar refractivity (Wildman–Crippen MR) is 91.7 cm³/mol. The first-order valence-electron chi connectivity index (χ1n) is 7.59. The summed E-state index contributed by atoms with van der Waals surface area (Å²) in [6, 6.07) is 15.0. The highest BCUT2D eigenvalue weighted by atomic mass is 16.2. The number of carbonyl (C=O) groups is 3. The molecule has 2 amide bonds. The number of nitrogens with zero attached hydrogens (tertiary/aromatic N) is 1. The van der Waals surface area contributed by atoms with Gasteiger partial charge in [0.15, 0.2) is 0 Å². The standard InChI is InChI=1S/C19H20N2O3/c1-19(2,3)21(20-17(23)15-7-5-4-6-8-15)18(24)16-11-9-14(13-22)10-12-16/h4-13H,1-3H3,(H,20,23). The van der Waals surface area contributed by atoms with E-state index in [1.165, 1.54) is 5.01 Å². The molecule has 124 valence electrons. The molecular formula is C19H20N2O3. The summed E-state index contributed by atoms with van der Waals surface area (Å²) in [4.78, 5) is 35.9. The van der Waals surface area contributed by atoms with Crippen molar-refractivity contribution in [2.75, 3.05) is 0 Å². The van der Waals surface area contributed by atoms with E-state index in [2.05, 4.69) is 5.43 Å². The van der Waals surface area contributed by atoms with Crippen LogP contribution < -0.4 is 5.43 Å². The molecule has 0 atom stereocenters. The van der Waals surface area contributed by atoms with Gasteiger partial charge in [-0.05, 0) is 45.0 Å². The molecule has 0 bridgehead atoms. The summed E-state index contributed by atoms with van der Waals surface area (Å²) in [5, 5.41) is 1.30. The highest BCUT2D eigenvalue weighted by Gasteiger charge is 2.29. The van der Waals surface area contributed by atoms with Crippen LogP contribution in [0.3, 0.4) is 0 Å². The van der Waals surface area contributed by atoms with E-state index < -0.39 is 5.54 Å². The molecule has 0 spiro atoms. The molecule has 5 nitrogen and oxygen atoms in total. The molecule has 0 aliphatic carbocycles. The molecule has 2 rings (SSSR count). The Morgan fingerprint density at radius 1 is 0.917 bits per heavy atom. The fourth-order valence-electron chi connectivity index (χ4n) is 2.11. The Hall–Kier alpha value is -2.95. The molecule has 0 aliphatic rings. The lowest BCUT2D eigenvalue weighted by atomic mass is 10.1. The van der Waals surface area contributed by atoms with Gasteiger partial charge in [-0.3, -0.25) is 19.8 Å². The van der Waals surface area contributed by atoms with Crippen molar-refractivity contribution in [3.63, 3.8) is 0 Å². The smallest absolute Gasteiger partial charge is 0.272 e. The van der Waals surface area contributed by atoms with Crippen molar-refractivity contribution in [2.45, 2.75) is 26.3 Å². The van der Waals surface area contributed by atoms with Gasteiger partial charge in [0.25, 0.3) is 11.8 Å². The van der Waals surface area contributed by atoms with Crippen LogP contribution in [0, 0.1) is 0 Å². The maximum absolute atomic E-state index is 12.8. The summed E-state index contributed by atoms with van der Waals surface area (Å²) in [5.74, 6) is -0.701. The number of hydrazine groups is 1. The molecule has 0 unspecified atom stereocenters. The van der Waals surface area contributed by atoms with Crippen molar-refractivity contribution < 1.29 is 14.4 Å². The minimum absolute atomic E-state index is 0.343. The maximum Gasteiger partial charge on any atom is 0.272 e. The maximum atomic E-state index is 12.8. The Kier molecular flexibility index (Phi) is 5.14. The average molecular weight is 324 g/mol. The number of nitrogens with one attached hydrogen (secondary N) is 1. The molecule has 2 aromatic carbocycles. The first-order valence-corrected chi connectivity index (χ1v) is 7.59. The molecule has 0 fully saturated rings. The fraction of sp³-hybridized carbons (Fsp3) is 0.211. The first-order chi connectivity index (χ1) is 11.3. The van der Waals surface area contributed by atoms with Crippen LogP contribution in [-0.4, -0.2) is 28.6 Å². The van der Waals surface area contributed by atoms with Gasteiger partial charge in [-0.15, -0.1) is 0 Å². The van der Waals surface area contributed by atoms with Gasteiger partial charge >= 0.3 is 0 Å². The van der Waals surface area contributed by atoms with Crippen LogP contribution >= 0.6 is 0 Å². The van der Waals surface area contributed by atoms with E-state index in [0.29, 0.717) is 23.0 Å². The summed E-state index contributed by atoms with van der Waals surface area (Å²) in [5.41, 5.74) is 3.40. The fourth-order valence-corrected chi connectivity index (χ4v) is 2.11. The summed E-state index contributed by atoms with van der Waals surface area (Å²) >= 11 is 0. The minimum atomic E-state index is -0.620. The number of carbonyl (C=O) groups excluding carboxylic acids is 3. The van der Waals surface area contributed by atoms with Gasteiger partial charge in [0.1, 0.15) is 6.29 Å². The third-order valence-electron chi connectivity index (χ3n) is 3.42. The van der Waals surface area contributed by atoms with Gasteiger partial charge in [-0.2, -0.15) is 0 Å². The van der Waals surface area contributed by atoms with E-state index in [0.717, 1.165) is 0 Å². The Morgan fingerprint density at radius 2 is 1.50 bits per heavy atom. The zero-order valence-electron chi connectivity index (χ0n) is 13.9. The van der Waals surface area contributed by atoms with E-state index in [4.69, 9.17) is 0 Å². The predicted octanol–water partition coefficient (Wildman–Crippen LogP) is 3.08. The quantitative estimate of drug-likeness (QED) is 0.697. The Balaban J connectivity index is 2.26. The zero-order chi connectivity index (χ0) is 17.7. The van der Waals surface area contributed by atoms with Gasteiger partial charge in [0.05, 0.1) is 5.54 Å². The van der Waals surface area contributed by atoms with Crippen molar-refractivity contribution in [1.29, 1.82) is 0 Å². The molecule has 2 aromatic rings. The summed E-state index contributed by atoms with van der Waals surface area (Å²) in [6.07, 6.45) is 0.715. The average Bonchev–Trinajstić information content (AvgIpc) is 2.58. The number of hydrogen-bond acceptors (Lipinski definition) is 3. The SMILES string of the molecule is CC(C)(C)N(NC(=O)c1ccccc1)C(=O)c1ccc(C=O)cc1. The molecule has 0 heterocycles. The van der Waals surface area contributed by atoms with Gasteiger partial charge < -0.3 is 0 Å². The van der Waals surface area contributed by atoms with Crippen LogP contribution in [0.25, 0.3) is 0 Å². The second-order valence-electron chi connectivity index (χ2n) is 6.36. The highest BCUT2D eigenvalue weighted by Crippen LogP contribution is 2.16.